The van der Waals surface area contributed by atoms with Gasteiger partial charge in [0.1, 0.15) is 0 Å². The first-order valence-electron chi connectivity index (χ1n) is 5.56. The molecule has 0 amide bonds. The number of rotatable bonds is 3. The number of hydrogen-bond donors (Lipinski definition) is 2. The van der Waals surface area contributed by atoms with Crippen molar-refractivity contribution in [2.45, 2.75) is 44.6 Å². The fourth-order valence-corrected chi connectivity index (χ4v) is 3.75. The standard InChI is InChI=1S/C12H20O2/c1-9(2)12(14)8-10-4-3-5-11(10,12)6-7-13/h10,13-14H,1,3-8H2,2H3/t10-,11+,12-/m1/s1. The van der Waals surface area contributed by atoms with Crippen molar-refractivity contribution in [2.24, 2.45) is 11.3 Å². The molecule has 0 radical (unpaired) electrons. The molecule has 2 heteroatoms. The van der Waals surface area contributed by atoms with Crippen molar-refractivity contribution in [3.63, 3.8) is 0 Å². The molecule has 0 unspecified atom stereocenters. The quantitative estimate of drug-likeness (QED) is 0.676. The Morgan fingerprint density at radius 2 is 2.29 bits per heavy atom. The van der Waals surface area contributed by atoms with Crippen LogP contribution in [0, 0.1) is 11.3 Å². The Kier molecular flexibility index (Phi) is 2.24. The summed E-state index contributed by atoms with van der Waals surface area (Å²) in [7, 11) is 0. The van der Waals surface area contributed by atoms with E-state index >= 15 is 0 Å². The van der Waals surface area contributed by atoms with E-state index in [1.165, 1.54) is 12.8 Å². The average Bonchev–Trinajstić information content (AvgIpc) is 2.45. The van der Waals surface area contributed by atoms with Crippen molar-refractivity contribution in [3.05, 3.63) is 12.2 Å². The Morgan fingerprint density at radius 1 is 1.57 bits per heavy atom. The van der Waals surface area contributed by atoms with E-state index in [2.05, 4.69) is 6.58 Å². The zero-order chi connectivity index (χ0) is 10.4. The highest BCUT2D eigenvalue weighted by molar-refractivity contribution is 5.28. The predicted molar refractivity (Wildman–Crippen MR) is 55.9 cm³/mol. The smallest absolute Gasteiger partial charge is 0.0913 e. The van der Waals surface area contributed by atoms with E-state index in [1.54, 1.807) is 0 Å². The third-order valence-electron chi connectivity index (χ3n) is 4.59. The fourth-order valence-electron chi connectivity index (χ4n) is 3.75. The lowest BCUT2D eigenvalue weighted by molar-refractivity contribution is -0.180. The minimum Gasteiger partial charge on any atom is -0.396 e. The number of aliphatic hydroxyl groups is 2. The van der Waals surface area contributed by atoms with Crippen LogP contribution < -0.4 is 0 Å². The molecule has 0 aromatic rings. The summed E-state index contributed by atoms with van der Waals surface area (Å²) in [5.74, 6) is 0.622. The largest absolute Gasteiger partial charge is 0.396 e. The van der Waals surface area contributed by atoms with Crippen LogP contribution in [-0.4, -0.2) is 22.4 Å². The van der Waals surface area contributed by atoms with Crippen LogP contribution in [0.15, 0.2) is 12.2 Å². The van der Waals surface area contributed by atoms with E-state index in [0.29, 0.717) is 5.92 Å². The molecule has 2 fully saturated rings. The lowest BCUT2D eigenvalue weighted by Gasteiger charge is -2.60. The van der Waals surface area contributed by atoms with Gasteiger partial charge in [0.05, 0.1) is 5.60 Å². The molecular weight excluding hydrogens is 176 g/mol. The summed E-state index contributed by atoms with van der Waals surface area (Å²) < 4.78 is 0. The molecule has 2 rings (SSSR count). The van der Waals surface area contributed by atoms with E-state index in [4.69, 9.17) is 5.11 Å². The van der Waals surface area contributed by atoms with Gasteiger partial charge in [-0.25, -0.2) is 0 Å². The topological polar surface area (TPSA) is 40.5 Å². The van der Waals surface area contributed by atoms with E-state index in [0.717, 1.165) is 24.8 Å². The Bertz CT molecular complexity index is 261. The van der Waals surface area contributed by atoms with Gasteiger partial charge in [0, 0.05) is 12.0 Å². The SMILES string of the molecule is C=C(C)[C@]1(O)C[C@H]2CCC[C@]21CCO. The number of aliphatic hydroxyl groups excluding tert-OH is 1. The van der Waals surface area contributed by atoms with Crippen LogP contribution in [0.5, 0.6) is 0 Å². The summed E-state index contributed by atoms with van der Waals surface area (Å²) >= 11 is 0. The summed E-state index contributed by atoms with van der Waals surface area (Å²) in [5.41, 5.74) is 0.161. The molecule has 2 N–H and O–H groups in total. The van der Waals surface area contributed by atoms with Crippen LogP contribution in [-0.2, 0) is 0 Å². The Labute approximate surface area is 85.6 Å². The first-order chi connectivity index (χ1) is 6.57. The van der Waals surface area contributed by atoms with Gasteiger partial charge in [0.25, 0.3) is 0 Å². The van der Waals surface area contributed by atoms with Crippen molar-refractivity contribution in [1.29, 1.82) is 0 Å². The molecule has 14 heavy (non-hydrogen) atoms. The summed E-state index contributed by atoms with van der Waals surface area (Å²) in [4.78, 5) is 0. The van der Waals surface area contributed by atoms with Gasteiger partial charge in [-0.2, -0.15) is 0 Å². The average molecular weight is 196 g/mol. The maximum absolute atomic E-state index is 10.5. The zero-order valence-corrected chi connectivity index (χ0v) is 8.92. The number of fused-ring (bicyclic) bond motifs is 1. The van der Waals surface area contributed by atoms with Crippen LogP contribution in [0.3, 0.4) is 0 Å². The second-order valence-electron chi connectivity index (χ2n) is 5.06. The molecule has 0 aliphatic heterocycles. The molecule has 80 valence electrons. The van der Waals surface area contributed by atoms with Gasteiger partial charge in [-0.05, 0) is 44.1 Å². The Hall–Kier alpha value is -0.340. The van der Waals surface area contributed by atoms with Crippen molar-refractivity contribution >= 4 is 0 Å². The number of hydrogen-bond acceptors (Lipinski definition) is 2. The first-order valence-corrected chi connectivity index (χ1v) is 5.56. The molecule has 0 heterocycles. The van der Waals surface area contributed by atoms with Gasteiger partial charge >= 0.3 is 0 Å². The second-order valence-corrected chi connectivity index (χ2v) is 5.06. The van der Waals surface area contributed by atoms with Crippen LogP contribution in [0.1, 0.15) is 39.0 Å². The highest BCUT2D eigenvalue weighted by atomic mass is 16.3. The Morgan fingerprint density at radius 3 is 2.79 bits per heavy atom. The highest BCUT2D eigenvalue weighted by Gasteiger charge is 2.65. The van der Waals surface area contributed by atoms with Crippen molar-refractivity contribution in [3.8, 4) is 0 Å². The zero-order valence-electron chi connectivity index (χ0n) is 8.92. The summed E-state index contributed by atoms with van der Waals surface area (Å²) in [6.45, 7) is 6.00. The molecular formula is C12H20O2. The molecule has 2 saturated carbocycles. The molecule has 0 spiro atoms. The molecule has 2 aliphatic carbocycles. The normalized spacial score (nSPS) is 45.8. The third-order valence-corrected chi connectivity index (χ3v) is 4.59. The predicted octanol–water partition coefficient (Wildman–Crippen LogP) is 1.87. The van der Waals surface area contributed by atoms with Crippen LogP contribution in [0.4, 0.5) is 0 Å². The fraction of sp³-hybridized carbons (Fsp3) is 0.833. The maximum atomic E-state index is 10.5. The highest BCUT2D eigenvalue weighted by Crippen LogP contribution is 2.67. The van der Waals surface area contributed by atoms with E-state index in [9.17, 15) is 5.11 Å². The van der Waals surface area contributed by atoms with Gasteiger partial charge in [-0.1, -0.05) is 13.0 Å². The minimum atomic E-state index is -0.684. The molecule has 0 saturated heterocycles. The maximum Gasteiger partial charge on any atom is 0.0913 e. The van der Waals surface area contributed by atoms with E-state index < -0.39 is 5.60 Å². The van der Waals surface area contributed by atoms with Crippen LogP contribution in [0.2, 0.25) is 0 Å². The molecule has 0 aromatic carbocycles. The second kappa shape index (κ2) is 3.07. The third kappa shape index (κ3) is 0.986. The monoisotopic (exact) mass is 196 g/mol. The van der Waals surface area contributed by atoms with Crippen LogP contribution >= 0.6 is 0 Å². The molecule has 2 aliphatic rings. The van der Waals surface area contributed by atoms with Gasteiger partial charge in [-0.15, -0.1) is 0 Å². The summed E-state index contributed by atoms with van der Waals surface area (Å²) in [5, 5.41) is 19.6. The van der Waals surface area contributed by atoms with Crippen LogP contribution in [0.25, 0.3) is 0 Å². The molecule has 2 nitrogen and oxygen atoms in total. The van der Waals surface area contributed by atoms with Gasteiger partial charge in [-0.3, -0.25) is 0 Å². The molecule has 3 atom stereocenters. The lowest BCUT2D eigenvalue weighted by Crippen LogP contribution is -2.62. The van der Waals surface area contributed by atoms with Crippen molar-refractivity contribution in [1.82, 2.24) is 0 Å². The molecule has 0 aromatic heterocycles. The van der Waals surface area contributed by atoms with Crippen molar-refractivity contribution in [2.75, 3.05) is 6.61 Å². The van der Waals surface area contributed by atoms with E-state index in [-0.39, 0.29) is 12.0 Å². The van der Waals surface area contributed by atoms with Gasteiger partial charge in [0.2, 0.25) is 0 Å². The summed E-state index contributed by atoms with van der Waals surface area (Å²) in [6.07, 6.45) is 5.07. The van der Waals surface area contributed by atoms with Gasteiger partial charge < -0.3 is 10.2 Å². The first kappa shape index (κ1) is 10.2. The van der Waals surface area contributed by atoms with Crippen molar-refractivity contribution < 1.29 is 10.2 Å². The van der Waals surface area contributed by atoms with Gasteiger partial charge in [0.15, 0.2) is 0 Å². The van der Waals surface area contributed by atoms with E-state index in [1.807, 2.05) is 6.92 Å². The molecule has 0 bridgehead atoms. The Balaban J connectivity index is 2.26. The lowest BCUT2D eigenvalue weighted by atomic mass is 9.48. The summed E-state index contributed by atoms with van der Waals surface area (Å²) in [6, 6.07) is 0. The minimum absolute atomic E-state index is 0.0341.